The maximum absolute atomic E-state index is 13.5. The van der Waals surface area contributed by atoms with Gasteiger partial charge in [0.05, 0.1) is 22.6 Å². The number of fused-ring (bicyclic) bond motifs is 1. The van der Waals surface area contributed by atoms with Gasteiger partial charge in [-0.25, -0.2) is 4.39 Å². The lowest BCUT2D eigenvalue weighted by Crippen LogP contribution is -2.00. The Bertz CT molecular complexity index is 828. The molecule has 21 heavy (non-hydrogen) atoms. The molecule has 0 unspecified atom stereocenters. The summed E-state index contributed by atoms with van der Waals surface area (Å²) < 4.78 is 13.5. The summed E-state index contributed by atoms with van der Waals surface area (Å²) in [4.78, 5) is 4.56. The van der Waals surface area contributed by atoms with Gasteiger partial charge >= 0.3 is 0 Å². The van der Waals surface area contributed by atoms with Gasteiger partial charge in [0.1, 0.15) is 5.82 Å². The average molecular weight is 281 g/mol. The zero-order valence-corrected chi connectivity index (χ0v) is 11.9. The number of nitrogens with one attached hydrogen (secondary N) is 1. The van der Waals surface area contributed by atoms with E-state index in [-0.39, 0.29) is 5.82 Å². The summed E-state index contributed by atoms with van der Waals surface area (Å²) in [6, 6.07) is 12.9. The molecule has 106 valence electrons. The summed E-state index contributed by atoms with van der Waals surface area (Å²) in [6.07, 6.45) is 0. The lowest BCUT2D eigenvalue weighted by atomic mass is 10.1. The highest BCUT2D eigenvalue weighted by Gasteiger charge is 2.08. The van der Waals surface area contributed by atoms with Crippen LogP contribution in [0.2, 0.25) is 0 Å². The second-order valence-electron chi connectivity index (χ2n) is 5.14. The van der Waals surface area contributed by atoms with Crippen LogP contribution in [0.25, 0.3) is 10.9 Å². The number of benzene rings is 2. The standard InChI is InChI=1S/C17H16FN3/c1-10-8-16(14(19)9-13(10)18)21-15-5-3-4-12-7-6-11(2)20-17(12)15/h3-9,21H,19H2,1-2H3. The minimum absolute atomic E-state index is 0.301. The van der Waals surface area contributed by atoms with E-state index in [0.717, 1.165) is 22.3 Å². The van der Waals surface area contributed by atoms with Crippen LogP contribution in [-0.4, -0.2) is 4.98 Å². The van der Waals surface area contributed by atoms with Crippen molar-refractivity contribution in [3.05, 3.63) is 59.5 Å². The average Bonchev–Trinajstić information content (AvgIpc) is 2.45. The van der Waals surface area contributed by atoms with E-state index in [4.69, 9.17) is 5.73 Å². The van der Waals surface area contributed by atoms with Crippen LogP contribution in [0.4, 0.5) is 21.5 Å². The molecule has 1 aromatic heterocycles. The van der Waals surface area contributed by atoms with Gasteiger partial charge < -0.3 is 11.1 Å². The topological polar surface area (TPSA) is 50.9 Å². The third-order valence-electron chi connectivity index (χ3n) is 3.46. The Morgan fingerprint density at radius 3 is 2.67 bits per heavy atom. The number of halogens is 1. The highest BCUT2D eigenvalue weighted by Crippen LogP contribution is 2.29. The quantitative estimate of drug-likeness (QED) is 0.688. The van der Waals surface area contributed by atoms with Gasteiger partial charge in [-0.3, -0.25) is 4.98 Å². The van der Waals surface area contributed by atoms with Crippen molar-refractivity contribution >= 4 is 28.0 Å². The Kier molecular flexibility index (Phi) is 3.22. The molecule has 0 bridgehead atoms. The summed E-state index contributed by atoms with van der Waals surface area (Å²) in [5.41, 5.74) is 10.2. The van der Waals surface area contributed by atoms with Crippen molar-refractivity contribution in [2.45, 2.75) is 13.8 Å². The van der Waals surface area contributed by atoms with E-state index in [1.165, 1.54) is 6.07 Å². The van der Waals surface area contributed by atoms with Crippen molar-refractivity contribution in [3.8, 4) is 0 Å². The molecule has 4 heteroatoms. The van der Waals surface area contributed by atoms with Crippen molar-refractivity contribution < 1.29 is 4.39 Å². The third kappa shape index (κ3) is 2.52. The number of nitrogen functional groups attached to an aromatic ring is 1. The second kappa shape index (κ2) is 5.05. The van der Waals surface area contributed by atoms with E-state index in [0.29, 0.717) is 16.9 Å². The number of hydrogen-bond acceptors (Lipinski definition) is 3. The molecule has 0 saturated heterocycles. The van der Waals surface area contributed by atoms with Crippen molar-refractivity contribution in [1.29, 1.82) is 0 Å². The van der Waals surface area contributed by atoms with Gasteiger partial charge in [0.15, 0.2) is 0 Å². The highest BCUT2D eigenvalue weighted by atomic mass is 19.1. The van der Waals surface area contributed by atoms with Gasteiger partial charge in [-0.05, 0) is 43.7 Å². The molecule has 0 aliphatic carbocycles. The molecule has 3 aromatic rings. The molecule has 0 fully saturated rings. The van der Waals surface area contributed by atoms with Crippen LogP contribution in [-0.2, 0) is 0 Å². The number of aryl methyl sites for hydroxylation is 2. The Morgan fingerprint density at radius 2 is 1.86 bits per heavy atom. The smallest absolute Gasteiger partial charge is 0.128 e. The van der Waals surface area contributed by atoms with Crippen molar-refractivity contribution in [2.24, 2.45) is 0 Å². The molecule has 0 spiro atoms. The first-order valence-corrected chi connectivity index (χ1v) is 6.73. The number of pyridine rings is 1. The molecule has 3 nitrogen and oxygen atoms in total. The lowest BCUT2D eigenvalue weighted by Gasteiger charge is -2.13. The van der Waals surface area contributed by atoms with E-state index < -0.39 is 0 Å². The largest absolute Gasteiger partial charge is 0.397 e. The van der Waals surface area contributed by atoms with Crippen LogP contribution >= 0.6 is 0 Å². The fraction of sp³-hybridized carbons (Fsp3) is 0.118. The molecule has 0 aliphatic rings. The summed E-state index contributed by atoms with van der Waals surface area (Å²) in [5, 5.41) is 4.30. The van der Waals surface area contributed by atoms with E-state index in [1.54, 1.807) is 13.0 Å². The minimum Gasteiger partial charge on any atom is -0.397 e. The van der Waals surface area contributed by atoms with Crippen molar-refractivity contribution in [1.82, 2.24) is 4.98 Å². The van der Waals surface area contributed by atoms with Gasteiger partial charge in [0, 0.05) is 11.1 Å². The molecule has 3 rings (SSSR count). The van der Waals surface area contributed by atoms with Crippen molar-refractivity contribution in [3.63, 3.8) is 0 Å². The van der Waals surface area contributed by atoms with Gasteiger partial charge in [-0.15, -0.1) is 0 Å². The fourth-order valence-electron chi connectivity index (χ4n) is 2.30. The summed E-state index contributed by atoms with van der Waals surface area (Å²) in [5.74, 6) is -0.301. The monoisotopic (exact) mass is 281 g/mol. The number of nitrogens with zero attached hydrogens (tertiary/aromatic N) is 1. The Hall–Kier alpha value is -2.62. The van der Waals surface area contributed by atoms with Crippen LogP contribution < -0.4 is 11.1 Å². The first-order valence-electron chi connectivity index (χ1n) is 6.73. The molecule has 0 saturated carbocycles. The van der Waals surface area contributed by atoms with E-state index in [1.807, 2.05) is 37.3 Å². The molecule has 0 aliphatic heterocycles. The maximum atomic E-state index is 13.5. The zero-order chi connectivity index (χ0) is 15.0. The summed E-state index contributed by atoms with van der Waals surface area (Å²) in [6.45, 7) is 3.66. The van der Waals surface area contributed by atoms with Gasteiger partial charge in [-0.2, -0.15) is 0 Å². The van der Waals surface area contributed by atoms with Gasteiger partial charge in [0.25, 0.3) is 0 Å². The number of para-hydroxylation sites is 1. The number of anilines is 3. The second-order valence-corrected chi connectivity index (χ2v) is 5.14. The number of rotatable bonds is 2. The first kappa shape index (κ1) is 13.4. The Labute approximate surface area is 122 Å². The Balaban J connectivity index is 2.10. The van der Waals surface area contributed by atoms with Crippen LogP contribution in [0.5, 0.6) is 0 Å². The van der Waals surface area contributed by atoms with E-state index >= 15 is 0 Å². The molecule has 3 N–H and O–H groups in total. The van der Waals surface area contributed by atoms with E-state index in [9.17, 15) is 4.39 Å². The minimum atomic E-state index is -0.301. The van der Waals surface area contributed by atoms with Crippen LogP contribution in [0.15, 0.2) is 42.5 Å². The Morgan fingerprint density at radius 1 is 1.05 bits per heavy atom. The molecule has 0 amide bonds. The summed E-state index contributed by atoms with van der Waals surface area (Å²) in [7, 11) is 0. The first-order chi connectivity index (χ1) is 10.0. The molecule has 0 atom stereocenters. The molecule has 2 aromatic carbocycles. The highest BCUT2D eigenvalue weighted by molar-refractivity contribution is 5.93. The van der Waals surface area contributed by atoms with Gasteiger partial charge in [-0.1, -0.05) is 18.2 Å². The normalized spacial score (nSPS) is 10.8. The third-order valence-corrected chi connectivity index (χ3v) is 3.46. The molecule has 0 radical (unpaired) electrons. The molecule has 1 heterocycles. The molecular weight excluding hydrogens is 265 g/mol. The number of hydrogen-bond donors (Lipinski definition) is 2. The fourth-order valence-corrected chi connectivity index (χ4v) is 2.30. The van der Waals surface area contributed by atoms with Crippen LogP contribution in [0.1, 0.15) is 11.3 Å². The van der Waals surface area contributed by atoms with E-state index in [2.05, 4.69) is 10.3 Å². The van der Waals surface area contributed by atoms with Crippen molar-refractivity contribution in [2.75, 3.05) is 11.1 Å². The predicted octanol–water partition coefficient (Wildman–Crippen LogP) is 4.32. The predicted molar refractivity (Wildman–Crippen MR) is 85.3 cm³/mol. The maximum Gasteiger partial charge on any atom is 0.128 e. The SMILES string of the molecule is Cc1ccc2cccc(Nc3cc(C)c(F)cc3N)c2n1. The van der Waals surface area contributed by atoms with Crippen LogP contribution in [0.3, 0.4) is 0 Å². The summed E-state index contributed by atoms with van der Waals surface area (Å²) >= 11 is 0. The van der Waals surface area contributed by atoms with Crippen LogP contribution in [0, 0.1) is 19.7 Å². The number of nitrogens with two attached hydrogens (primary N) is 1. The number of aromatic nitrogens is 1. The zero-order valence-electron chi connectivity index (χ0n) is 11.9. The van der Waals surface area contributed by atoms with Gasteiger partial charge in [0.2, 0.25) is 0 Å². The lowest BCUT2D eigenvalue weighted by molar-refractivity contribution is 0.619. The molecular formula is C17H16FN3.